The molecule has 0 amide bonds. The highest BCUT2D eigenvalue weighted by molar-refractivity contribution is 5.93. The van der Waals surface area contributed by atoms with E-state index in [9.17, 15) is 0 Å². The van der Waals surface area contributed by atoms with Crippen molar-refractivity contribution < 1.29 is 9.47 Å². The number of rotatable bonds is 6. The van der Waals surface area contributed by atoms with Crippen LogP contribution in [0.2, 0.25) is 0 Å². The quantitative estimate of drug-likeness (QED) is 0.408. The minimum absolute atomic E-state index is 0.750. The number of pyridine rings is 1. The van der Waals surface area contributed by atoms with Crippen molar-refractivity contribution in [2.45, 2.75) is 27.7 Å². The molecule has 0 atom stereocenters. The van der Waals surface area contributed by atoms with Gasteiger partial charge in [-0.1, -0.05) is 12.1 Å². The van der Waals surface area contributed by atoms with Crippen LogP contribution in [0, 0.1) is 27.7 Å². The average molecular weight is 432 g/mol. The van der Waals surface area contributed by atoms with Crippen molar-refractivity contribution in [1.82, 2.24) is 14.8 Å². The molecule has 0 aliphatic heterocycles. The molecule has 32 heavy (non-hydrogen) atoms. The summed E-state index contributed by atoms with van der Waals surface area (Å²) in [6, 6.07) is 10.1. The predicted octanol–water partition coefficient (Wildman–Crippen LogP) is 5.71. The third kappa shape index (κ3) is 3.70. The van der Waals surface area contributed by atoms with Crippen molar-refractivity contribution in [1.29, 1.82) is 0 Å². The Hall–Kier alpha value is -3.74. The van der Waals surface area contributed by atoms with Gasteiger partial charge in [-0.2, -0.15) is 5.10 Å². The van der Waals surface area contributed by atoms with Crippen LogP contribution >= 0.6 is 0 Å². The van der Waals surface area contributed by atoms with Crippen LogP contribution < -0.4 is 20.1 Å². The van der Waals surface area contributed by atoms with Crippen LogP contribution in [-0.4, -0.2) is 29.0 Å². The molecular weight excluding hydrogens is 402 g/mol. The van der Waals surface area contributed by atoms with Gasteiger partial charge in [-0.25, -0.2) is 4.98 Å². The van der Waals surface area contributed by atoms with Gasteiger partial charge in [0.05, 0.1) is 25.1 Å². The number of aryl methyl sites for hydroxylation is 3. The maximum Gasteiger partial charge on any atom is 0.161 e. The van der Waals surface area contributed by atoms with Crippen LogP contribution in [0.1, 0.15) is 22.3 Å². The van der Waals surface area contributed by atoms with E-state index in [-0.39, 0.29) is 0 Å². The van der Waals surface area contributed by atoms with Crippen LogP contribution in [0.15, 0.2) is 36.5 Å². The molecule has 0 aliphatic rings. The highest BCUT2D eigenvalue weighted by atomic mass is 16.5. The Kier molecular flexibility index (Phi) is 5.65. The number of hydrogen-bond donors (Lipinski definition) is 2. The molecule has 0 saturated heterocycles. The Balaban J connectivity index is 1.71. The lowest BCUT2D eigenvalue weighted by molar-refractivity contribution is 0.412. The van der Waals surface area contributed by atoms with Crippen molar-refractivity contribution in [3.8, 4) is 11.5 Å². The number of nitrogens with one attached hydrogen (secondary N) is 2. The number of aromatic nitrogens is 3. The lowest BCUT2D eigenvalue weighted by atomic mass is 10.1. The van der Waals surface area contributed by atoms with E-state index in [1.165, 1.54) is 0 Å². The maximum absolute atomic E-state index is 5.48. The van der Waals surface area contributed by atoms with Crippen LogP contribution in [-0.2, 0) is 7.05 Å². The second kappa shape index (κ2) is 8.42. The third-order valence-corrected chi connectivity index (χ3v) is 5.92. The van der Waals surface area contributed by atoms with Crippen LogP contribution in [0.3, 0.4) is 0 Å². The largest absolute Gasteiger partial charge is 0.496 e. The number of anilines is 4. The highest BCUT2D eigenvalue weighted by Crippen LogP contribution is 2.35. The molecule has 2 aromatic heterocycles. The van der Waals surface area contributed by atoms with Crippen molar-refractivity contribution in [2.24, 2.45) is 7.05 Å². The summed E-state index contributed by atoms with van der Waals surface area (Å²) in [4.78, 5) is 4.66. The van der Waals surface area contributed by atoms with E-state index in [1.54, 1.807) is 14.2 Å². The van der Waals surface area contributed by atoms with E-state index in [2.05, 4.69) is 29.5 Å². The number of ether oxygens (including phenoxy) is 2. The molecule has 2 heterocycles. The SMILES string of the molecule is COc1ccc(C)c(Nc2cc3c(cn2)c(Nc2c(C)ccc(OC)c2C)nn3C)c1C. The zero-order chi connectivity index (χ0) is 23.0. The zero-order valence-corrected chi connectivity index (χ0v) is 19.6. The first kappa shape index (κ1) is 21.5. The summed E-state index contributed by atoms with van der Waals surface area (Å²) in [5, 5.41) is 12.6. The van der Waals surface area contributed by atoms with Crippen LogP contribution in [0.25, 0.3) is 10.9 Å². The molecule has 0 bridgehead atoms. The molecule has 0 spiro atoms. The highest BCUT2D eigenvalue weighted by Gasteiger charge is 2.15. The zero-order valence-electron chi connectivity index (χ0n) is 19.6. The standard InChI is InChI=1S/C25H29N5O2/c1-14-8-10-20(31-6)16(3)23(14)27-22-12-19-18(13-26-22)25(29-30(19)5)28-24-15(2)9-11-21(32-7)17(24)4/h8-13H,1-7H3,(H,26,27)(H,28,29). The molecule has 2 N–H and O–H groups in total. The maximum atomic E-state index is 5.48. The van der Waals surface area contributed by atoms with Crippen molar-refractivity contribution in [3.63, 3.8) is 0 Å². The van der Waals surface area contributed by atoms with Gasteiger partial charge in [0.15, 0.2) is 5.82 Å². The number of methoxy groups -OCH3 is 2. The van der Waals surface area contributed by atoms with E-state index < -0.39 is 0 Å². The van der Waals surface area contributed by atoms with Crippen molar-refractivity contribution >= 4 is 33.9 Å². The number of benzene rings is 2. The Bertz CT molecular complexity index is 1310. The summed E-state index contributed by atoms with van der Waals surface area (Å²) in [5.74, 6) is 3.19. The Morgan fingerprint density at radius 1 is 0.812 bits per heavy atom. The van der Waals surface area contributed by atoms with Gasteiger partial charge < -0.3 is 20.1 Å². The summed E-state index contributed by atoms with van der Waals surface area (Å²) < 4.78 is 12.8. The first-order chi connectivity index (χ1) is 15.3. The molecule has 0 radical (unpaired) electrons. The molecule has 0 fully saturated rings. The van der Waals surface area contributed by atoms with Crippen LogP contribution in [0.5, 0.6) is 11.5 Å². The van der Waals surface area contributed by atoms with E-state index in [0.717, 1.165) is 67.7 Å². The van der Waals surface area contributed by atoms with E-state index in [4.69, 9.17) is 14.6 Å². The summed E-state index contributed by atoms with van der Waals surface area (Å²) in [6.45, 7) is 8.22. The molecule has 4 aromatic rings. The first-order valence-electron chi connectivity index (χ1n) is 10.5. The van der Waals surface area contributed by atoms with Crippen molar-refractivity contribution in [3.05, 3.63) is 58.8 Å². The predicted molar refractivity (Wildman–Crippen MR) is 130 cm³/mol. The smallest absolute Gasteiger partial charge is 0.161 e. The van der Waals surface area contributed by atoms with Gasteiger partial charge in [-0.15, -0.1) is 0 Å². The third-order valence-electron chi connectivity index (χ3n) is 5.92. The molecule has 2 aromatic carbocycles. The fourth-order valence-corrected chi connectivity index (χ4v) is 4.04. The molecular formula is C25H29N5O2. The number of nitrogens with zero attached hydrogens (tertiary/aromatic N) is 3. The summed E-state index contributed by atoms with van der Waals surface area (Å²) in [7, 11) is 5.30. The topological polar surface area (TPSA) is 73.2 Å². The fraction of sp³-hybridized carbons (Fsp3) is 0.280. The monoisotopic (exact) mass is 431 g/mol. The normalized spacial score (nSPS) is 11.0. The average Bonchev–Trinajstić information content (AvgIpc) is 3.09. The second-order valence-corrected chi connectivity index (χ2v) is 7.98. The Labute approximate surface area is 188 Å². The molecule has 7 heteroatoms. The minimum Gasteiger partial charge on any atom is -0.496 e. The van der Waals surface area contributed by atoms with E-state index in [1.807, 2.05) is 62.1 Å². The number of hydrogen-bond acceptors (Lipinski definition) is 6. The molecule has 166 valence electrons. The summed E-state index contributed by atoms with van der Waals surface area (Å²) >= 11 is 0. The summed E-state index contributed by atoms with van der Waals surface area (Å²) in [5.41, 5.74) is 7.31. The molecule has 4 rings (SSSR count). The Morgan fingerprint density at radius 3 is 1.94 bits per heavy atom. The van der Waals surface area contributed by atoms with E-state index in [0.29, 0.717) is 0 Å². The van der Waals surface area contributed by atoms with Gasteiger partial charge in [0.2, 0.25) is 0 Å². The van der Waals surface area contributed by atoms with E-state index >= 15 is 0 Å². The fourth-order valence-electron chi connectivity index (χ4n) is 4.04. The molecule has 0 unspecified atom stereocenters. The van der Waals surface area contributed by atoms with Gasteiger partial charge in [-0.05, 0) is 51.0 Å². The van der Waals surface area contributed by atoms with Gasteiger partial charge in [0.25, 0.3) is 0 Å². The van der Waals surface area contributed by atoms with Gasteiger partial charge in [-0.3, -0.25) is 4.68 Å². The lowest BCUT2D eigenvalue weighted by Gasteiger charge is -2.15. The minimum atomic E-state index is 0.750. The van der Waals surface area contributed by atoms with Gasteiger partial charge in [0, 0.05) is 41.8 Å². The number of fused-ring (bicyclic) bond motifs is 1. The summed E-state index contributed by atoms with van der Waals surface area (Å²) in [6.07, 6.45) is 1.85. The molecule has 0 saturated carbocycles. The van der Waals surface area contributed by atoms with Gasteiger partial charge in [0.1, 0.15) is 17.3 Å². The van der Waals surface area contributed by atoms with Crippen molar-refractivity contribution in [2.75, 3.05) is 24.9 Å². The van der Waals surface area contributed by atoms with Crippen LogP contribution in [0.4, 0.5) is 23.0 Å². The Morgan fingerprint density at radius 2 is 1.38 bits per heavy atom. The van der Waals surface area contributed by atoms with Gasteiger partial charge >= 0.3 is 0 Å². The second-order valence-electron chi connectivity index (χ2n) is 7.98. The molecule has 0 aliphatic carbocycles. The molecule has 7 nitrogen and oxygen atoms in total. The lowest BCUT2D eigenvalue weighted by Crippen LogP contribution is -2.00. The first-order valence-corrected chi connectivity index (χ1v) is 10.5.